The molecule has 1 atom stereocenters. The molecule has 2 rings (SSSR count). The van der Waals surface area contributed by atoms with E-state index in [0.717, 1.165) is 25.0 Å². The Bertz CT molecular complexity index is 361. The van der Waals surface area contributed by atoms with E-state index in [4.69, 9.17) is 4.74 Å². The van der Waals surface area contributed by atoms with Crippen LogP contribution in [0.3, 0.4) is 0 Å². The molecule has 0 aromatic heterocycles. The Labute approximate surface area is 108 Å². The number of nitrogens with one attached hydrogen (secondary N) is 2. The first-order chi connectivity index (χ1) is 8.84. The number of carbonyl (C=O) groups is 1. The predicted octanol–water partition coefficient (Wildman–Crippen LogP) is 2.05. The van der Waals surface area contributed by atoms with Crippen LogP contribution in [0.2, 0.25) is 0 Å². The van der Waals surface area contributed by atoms with Gasteiger partial charge in [0.1, 0.15) is 0 Å². The average molecular weight is 248 g/mol. The van der Waals surface area contributed by atoms with Gasteiger partial charge in [0.25, 0.3) is 0 Å². The van der Waals surface area contributed by atoms with Crippen molar-refractivity contribution in [1.82, 2.24) is 10.6 Å². The van der Waals surface area contributed by atoms with Gasteiger partial charge in [0.15, 0.2) is 0 Å². The summed E-state index contributed by atoms with van der Waals surface area (Å²) in [6, 6.07) is 9.74. The third-order valence-corrected chi connectivity index (χ3v) is 3.06. The zero-order valence-corrected chi connectivity index (χ0v) is 10.5. The van der Waals surface area contributed by atoms with Crippen LogP contribution in [0.25, 0.3) is 0 Å². The molecule has 0 aliphatic carbocycles. The SMILES string of the molecule is O=C(NCc1ccccc1)NCC1CCCCO1. The summed E-state index contributed by atoms with van der Waals surface area (Å²) in [6.07, 6.45) is 3.55. The molecule has 0 radical (unpaired) electrons. The molecular weight excluding hydrogens is 228 g/mol. The van der Waals surface area contributed by atoms with Gasteiger partial charge in [0, 0.05) is 19.7 Å². The second kappa shape index (κ2) is 7.01. The number of hydrogen-bond donors (Lipinski definition) is 2. The van der Waals surface area contributed by atoms with Crippen LogP contribution >= 0.6 is 0 Å². The van der Waals surface area contributed by atoms with Crippen LogP contribution in [0.4, 0.5) is 4.79 Å². The number of benzene rings is 1. The van der Waals surface area contributed by atoms with Gasteiger partial charge in [-0.2, -0.15) is 0 Å². The third-order valence-electron chi connectivity index (χ3n) is 3.06. The van der Waals surface area contributed by atoms with E-state index >= 15 is 0 Å². The molecule has 0 saturated carbocycles. The fraction of sp³-hybridized carbons (Fsp3) is 0.500. The molecule has 0 bridgehead atoms. The van der Waals surface area contributed by atoms with Crippen molar-refractivity contribution in [2.24, 2.45) is 0 Å². The molecule has 4 heteroatoms. The highest BCUT2D eigenvalue weighted by atomic mass is 16.5. The Balaban J connectivity index is 1.63. The Kier molecular flexibility index (Phi) is 5.02. The van der Waals surface area contributed by atoms with Gasteiger partial charge in [-0.25, -0.2) is 4.79 Å². The van der Waals surface area contributed by atoms with Crippen LogP contribution in [0.1, 0.15) is 24.8 Å². The number of hydrogen-bond acceptors (Lipinski definition) is 2. The highest BCUT2D eigenvalue weighted by Gasteiger charge is 2.14. The minimum Gasteiger partial charge on any atom is -0.376 e. The van der Waals surface area contributed by atoms with Crippen molar-refractivity contribution in [3.05, 3.63) is 35.9 Å². The van der Waals surface area contributed by atoms with Crippen molar-refractivity contribution < 1.29 is 9.53 Å². The van der Waals surface area contributed by atoms with E-state index in [-0.39, 0.29) is 12.1 Å². The van der Waals surface area contributed by atoms with Crippen LogP contribution in [-0.2, 0) is 11.3 Å². The molecule has 4 nitrogen and oxygen atoms in total. The average Bonchev–Trinajstić information content (AvgIpc) is 2.45. The largest absolute Gasteiger partial charge is 0.376 e. The molecule has 2 amide bonds. The van der Waals surface area contributed by atoms with Crippen LogP contribution < -0.4 is 10.6 Å². The lowest BCUT2D eigenvalue weighted by Gasteiger charge is -2.22. The zero-order chi connectivity index (χ0) is 12.6. The van der Waals surface area contributed by atoms with E-state index in [9.17, 15) is 4.79 Å². The molecule has 18 heavy (non-hydrogen) atoms. The molecule has 1 unspecified atom stereocenters. The Hall–Kier alpha value is -1.55. The number of rotatable bonds is 4. The van der Waals surface area contributed by atoms with Gasteiger partial charge in [-0.1, -0.05) is 30.3 Å². The highest BCUT2D eigenvalue weighted by molar-refractivity contribution is 5.73. The molecule has 2 N–H and O–H groups in total. The fourth-order valence-corrected chi connectivity index (χ4v) is 2.02. The predicted molar refractivity (Wildman–Crippen MR) is 70.3 cm³/mol. The van der Waals surface area contributed by atoms with Gasteiger partial charge in [0.2, 0.25) is 0 Å². The van der Waals surface area contributed by atoms with Gasteiger partial charge in [0.05, 0.1) is 6.10 Å². The minimum absolute atomic E-state index is 0.131. The summed E-state index contributed by atoms with van der Waals surface area (Å²) in [4.78, 5) is 11.6. The van der Waals surface area contributed by atoms with Crippen molar-refractivity contribution >= 4 is 6.03 Å². The molecule has 1 aliphatic rings. The Morgan fingerprint density at radius 2 is 2.06 bits per heavy atom. The molecule has 1 heterocycles. The second-order valence-electron chi connectivity index (χ2n) is 4.54. The van der Waals surface area contributed by atoms with Crippen LogP contribution in [-0.4, -0.2) is 25.3 Å². The molecule has 1 aliphatic heterocycles. The summed E-state index contributed by atoms with van der Waals surface area (Å²) in [6.45, 7) is 1.97. The maximum atomic E-state index is 11.6. The summed E-state index contributed by atoms with van der Waals surface area (Å²) < 4.78 is 5.55. The lowest BCUT2D eigenvalue weighted by molar-refractivity contribution is 0.0184. The van der Waals surface area contributed by atoms with Crippen molar-refractivity contribution in [3.63, 3.8) is 0 Å². The van der Waals surface area contributed by atoms with Gasteiger partial charge in [-0.05, 0) is 24.8 Å². The number of carbonyl (C=O) groups excluding carboxylic acids is 1. The molecule has 98 valence electrons. The lowest BCUT2D eigenvalue weighted by Crippen LogP contribution is -2.41. The Morgan fingerprint density at radius 1 is 1.22 bits per heavy atom. The standard InChI is InChI=1S/C14H20N2O2/c17-14(15-10-12-6-2-1-3-7-12)16-11-13-8-4-5-9-18-13/h1-3,6-7,13H,4-5,8-11H2,(H2,15,16,17). The van der Waals surface area contributed by atoms with E-state index < -0.39 is 0 Å². The maximum absolute atomic E-state index is 11.6. The lowest BCUT2D eigenvalue weighted by atomic mass is 10.1. The van der Waals surface area contributed by atoms with Crippen molar-refractivity contribution in [1.29, 1.82) is 0 Å². The quantitative estimate of drug-likeness (QED) is 0.857. The summed E-state index contributed by atoms with van der Waals surface area (Å²) in [7, 11) is 0. The number of ether oxygens (including phenoxy) is 1. The third kappa shape index (κ3) is 4.37. The molecule has 0 spiro atoms. The summed E-state index contributed by atoms with van der Waals surface area (Å²) in [5, 5.41) is 5.68. The van der Waals surface area contributed by atoms with Crippen LogP contribution in [0.5, 0.6) is 0 Å². The maximum Gasteiger partial charge on any atom is 0.315 e. The molecule has 1 aromatic carbocycles. The molecule has 1 aromatic rings. The normalized spacial score (nSPS) is 19.2. The first-order valence-corrected chi connectivity index (χ1v) is 6.52. The zero-order valence-electron chi connectivity index (χ0n) is 10.5. The van der Waals surface area contributed by atoms with Crippen LogP contribution in [0, 0.1) is 0 Å². The first kappa shape index (κ1) is 12.9. The van der Waals surface area contributed by atoms with Gasteiger partial charge < -0.3 is 15.4 Å². The van der Waals surface area contributed by atoms with Gasteiger partial charge in [-0.15, -0.1) is 0 Å². The smallest absolute Gasteiger partial charge is 0.315 e. The van der Waals surface area contributed by atoms with E-state index in [2.05, 4.69) is 10.6 Å². The van der Waals surface area contributed by atoms with Crippen molar-refractivity contribution in [2.45, 2.75) is 31.9 Å². The van der Waals surface area contributed by atoms with Crippen molar-refractivity contribution in [2.75, 3.05) is 13.2 Å². The summed E-state index contributed by atoms with van der Waals surface area (Å²) in [5.74, 6) is 0. The van der Waals surface area contributed by atoms with Gasteiger partial charge >= 0.3 is 6.03 Å². The summed E-state index contributed by atoms with van der Waals surface area (Å²) >= 11 is 0. The monoisotopic (exact) mass is 248 g/mol. The van der Waals surface area contributed by atoms with E-state index in [0.29, 0.717) is 13.1 Å². The van der Waals surface area contributed by atoms with Crippen LogP contribution in [0.15, 0.2) is 30.3 Å². The van der Waals surface area contributed by atoms with E-state index in [1.807, 2.05) is 30.3 Å². The van der Waals surface area contributed by atoms with Crippen molar-refractivity contribution in [3.8, 4) is 0 Å². The van der Waals surface area contributed by atoms with E-state index in [1.54, 1.807) is 0 Å². The number of amides is 2. The highest BCUT2D eigenvalue weighted by Crippen LogP contribution is 2.11. The Morgan fingerprint density at radius 3 is 2.78 bits per heavy atom. The molecule has 1 saturated heterocycles. The van der Waals surface area contributed by atoms with E-state index in [1.165, 1.54) is 6.42 Å². The summed E-state index contributed by atoms with van der Waals surface area (Å²) in [5.41, 5.74) is 1.10. The first-order valence-electron chi connectivity index (χ1n) is 6.52. The molecular formula is C14H20N2O2. The minimum atomic E-state index is -0.131. The molecule has 1 fully saturated rings. The fourth-order valence-electron chi connectivity index (χ4n) is 2.02. The second-order valence-corrected chi connectivity index (χ2v) is 4.54. The topological polar surface area (TPSA) is 50.4 Å². The number of urea groups is 1. The van der Waals surface area contributed by atoms with Gasteiger partial charge in [-0.3, -0.25) is 0 Å².